The van der Waals surface area contributed by atoms with Gasteiger partial charge < -0.3 is 20.5 Å². The van der Waals surface area contributed by atoms with Gasteiger partial charge in [-0.25, -0.2) is 5.43 Å². The van der Waals surface area contributed by atoms with E-state index in [4.69, 9.17) is 9.57 Å². The maximum atomic E-state index is 12.3. The Bertz CT molecular complexity index is 704. The molecule has 0 aromatic heterocycles. The third-order valence-corrected chi connectivity index (χ3v) is 7.95. The van der Waals surface area contributed by atoms with Gasteiger partial charge in [0.15, 0.2) is 0 Å². The zero-order chi connectivity index (χ0) is 24.8. The molecule has 2 amide bonds. The molecule has 1 aliphatic carbocycles. The van der Waals surface area contributed by atoms with Crippen LogP contribution in [-0.4, -0.2) is 68.1 Å². The Hall–Kier alpha value is -1.38. The first-order valence-corrected chi connectivity index (χ1v) is 13.2. The van der Waals surface area contributed by atoms with Crippen molar-refractivity contribution in [2.75, 3.05) is 20.2 Å². The van der Waals surface area contributed by atoms with E-state index in [1.807, 2.05) is 0 Å². The number of fused-ring (bicyclic) bond motifs is 1. The fraction of sp³-hybridized carbons (Fsp3) is 0.913. The first kappa shape index (κ1) is 26.7. The summed E-state index contributed by atoms with van der Waals surface area (Å²) >= 11 is 0. The second-order valence-corrected chi connectivity index (χ2v) is 10.4. The minimum Gasteiger partial charge on any atom is -0.378 e. The van der Waals surface area contributed by atoms with Gasteiger partial charge in [0.25, 0.3) is 0 Å². The summed E-state index contributed by atoms with van der Waals surface area (Å²) in [6, 6.07) is 0. The quantitative estimate of drug-likeness (QED) is 0.175. The lowest BCUT2D eigenvalue weighted by Gasteiger charge is -2.41. The number of hydroxylamine groups is 1. The van der Waals surface area contributed by atoms with Crippen molar-refractivity contribution in [1.29, 1.82) is 0 Å². The molecule has 0 radical (unpaired) electrons. The van der Waals surface area contributed by atoms with Gasteiger partial charge in [0.2, 0.25) is 11.8 Å². The Morgan fingerprint density at radius 3 is 2.86 bits per heavy atom. The fourth-order valence-corrected chi connectivity index (χ4v) is 5.97. The van der Waals surface area contributed by atoms with E-state index in [-0.39, 0.29) is 54.4 Å². The number of ether oxygens (including phenoxy) is 1. The molecule has 12 nitrogen and oxygen atoms in total. The van der Waals surface area contributed by atoms with Crippen molar-refractivity contribution in [1.82, 2.24) is 37.6 Å². The van der Waals surface area contributed by atoms with Crippen molar-refractivity contribution in [3.8, 4) is 0 Å². The summed E-state index contributed by atoms with van der Waals surface area (Å²) in [6.07, 6.45) is 5.55. The Balaban J connectivity index is 1.08. The number of carbonyl (C=O) groups excluding carboxylic acids is 2. The number of methoxy groups -OCH3 is 1. The topological polar surface area (TPSA) is 157 Å². The number of rotatable bonds is 10. The van der Waals surface area contributed by atoms with Crippen molar-refractivity contribution in [2.45, 2.75) is 89.3 Å². The zero-order valence-electron chi connectivity index (χ0n) is 20.8. The summed E-state index contributed by atoms with van der Waals surface area (Å²) in [5, 5.41) is 23.4. The van der Waals surface area contributed by atoms with Gasteiger partial charge in [-0.2, -0.15) is 5.48 Å². The van der Waals surface area contributed by atoms with Gasteiger partial charge in [0.1, 0.15) is 18.7 Å². The van der Waals surface area contributed by atoms with E-state index in [1.165, 1.54) is 6.42 Å². The monoisotopic (exact) mass is 497 g/mol. The highest BCUT2D eigenvalue weighted by Gasteiger charge is 2.42. The molecule has 9 atom stereocenters. The van der Waals surface area contributed by atoms with Gasteiger partial charge >= 0.3 is 0 Å². The molecule has 3 aliphatic heterocycles. The summed E-state index contributed by atoms with van der Waals surface area (Å²) in [6.45, 7) is 3.44. The minimum atomic E-state index is -0.711. The second kappa shape index (κ2) is 12.7. The predicted octanol–water partition coefficient (Wildman–Crippen LogP) is -1.06. The standard InChI is InChI=1S/C23H43N7O5/c1-13-12-18(34-2)27-23(33)19(13)21-26-17(35-30-21)9-8-16(31)24-10-5-11-25-20-14-6-3-4-7-15(14)22(32)29-28-20/h13-15,17-21,23,25-28,30,33H,3-12H2,1-2H3,(H,24,31)(H,29,32). The molecule has 200 valence electrons. The number of aliphatic hydroxyl groups is 1. The van der Waals surface area contributed by atoms with E-state index < -0.39 is 6.23 Å². The third-order valence-electron chi connectivity index (χ3n) is 7.95. The molecule has 4 aliphatic rings. The van der Waals surface area contributed by atoms with Crippen molar-refractivity contribution in [2.24, 2.45) is 23.7 Å². The first-order chi connectivity index (χ1) is 17.0. The Morgan fingerprint density at radius 2 is 2.06 bits per heavy atom. The molecule has 1 saturated carbocycles. The van der Waals surface area contributed by atoms with Crippen molar-refractivity contribution in [3.05, 3.63) is 0 Å². The molecule has 9 unspecified atom stereocenters. The number of amides is 2. The molecular weight excluding hydrogens is 454 g/mol. The number of piperidine rings is 1. The third kappa shape index (κ3) is 6.89. The maximum Gasteiger partial charge on any atom is 0.237 e. The van der Waals surface area contributed by atoms with Crippen molar-refractivity contribution in [3.63, 3.8) is 0 Å². The van der Waals surface area contributed by atoms with Crippen molar-refractivity contribution >= 4 is 11.8 Å². The van der Waals surface area contributed by atoms with Crippen LogP contribution in [0.1, 0.15) is 58.3 Å². The van der Waals surface area contributed by atoms with Gasteiger partial charge in [-0.3, -0.25) is 30.5 Å². The summed E-state index contributed by atoms with van der Waals surface area (Å²) < 4.78 is 5.32. The van der Waals surface area contributed by atoms with E-state index in [2.05, 4.69) is 44.5 Å². The lowest BCUT2D eigenvalue weighted by Crippen LogP contribution is -2.64. The lowest BCUT2D eigenvalue weighted by atomic mass is 9.76. The molecular formula is C23H43N7O5. The normalized spacial score (nSPS) is 39.6. The molecule has 3 heterocycles. The predicted molar refractivity (Wildman–Crippen MR) is 128 cm³/mol. The van der Waals surface area contributed by atoms with Gasteiger partial charge in [-0.1, -0.05) is 19.8 Å². The lowest BCUT2D eigenvalue weighted by molar-refractivity contribution is -0.134. The van der Waals surface area contributed by atoms with Crippen LogP contribution >= 0.6 is 0 Å². The van der Waals surface area contributed by atoms with E-state index >= 15 is 0 Å². The van der Waals surface area contributed by atoms with Crippen LogP contribution in [-0.2, 0) is 19.2 Å². The summed E-state index contributed by atoms with van der Waals surface area (Å²) in [4.78, 5) is 30.0. The van der Waals surface area contributed by atoms with Crippen LogP contribution in [0.5, 0.6) is 0 Å². The van der Waals surface area contributed by atoms with Gasteiger partial charge in [0, 0.05) is 37.8 Å². The van der Waals surface area contributed by atoms with Crippen molar-refractivity contribution < 1.29 is 24.3 Å². The van der Waals surface area contributed by atoms with E-state index in [9.17, 15) is 14.7 Å². The second-order valence-electron chi connectivity index (χ2n) is 10.4. The smallest absolute Gasteiger partial charge is 0.237 e. The highest BCUT2D eigenvalue weighted by Crippen LogP contribution is 2.33. The van der Waals surface area contributed by atoms with Gasteiger partial charge in [-0.05, 0) is 44.6 Å². The van der Waals surface area contributed by atoms with Gasteiger partial charge in [-0.15, -0.1) is 0 Å². The van der Waals surface area contributed by atoms with E-state index in [1.54, 1.807) is 7.11 Å². The maximum absolute atomic E-state index is 12.3. The van der Waals surface area contributed by atoms with E-state index in [0.29, 0.717) is 25.3 Å². The molecule has 4 rings (SSSR count). The van der Waals surface area contributed by atoms with Crippen LogP contribution in [0.25, 0.3) is 0 Å². The van der Waals surface area contributed by atoms with Gasteiger partial charge in [0.05, 0.1) is 12.3 Å². The number of hydrazine groups is 1. The number of nitrogens with one attached hydrogen (secondary N) is 7. The molecule has 35 heavy (non-hydrogen) atoms. The Morgan fingerprint density at radius 1 is 1.23 bits per heavy atom. The summed E-state index contributed by atoms with van der Waals surface area (Å²) in [7, 11) is 1.63. The molecule has 0 aromatic rings. The molecule has 0 spiro atoms. The van der Waals surface area contributed by atoms with Crippen LogP contribution in [0.15, 0.2) is 0 Å². The van der Waals surface area contributed by atoms with Crippen LogP contribution in [0.4, 0.5) is 0 Å². The molecule has 0 aromatic carbocycles. The van der Waals surface area contributed by atoms with Crippen LogP contribution < -0.4 is 37.6 Å². The summed E-state index contributed by atoms with van der Waals surface area (Å²) in [5.41, 5.74) is 8.89. The minimum absolute atomic E-state index is 0.00933. The van der Waals surface area contributed by atoms with Crippen LogP contribution in [0, 0.1) is 23.7 Å². The highest BCUT2D eigenvalue weighted by atomic mass is 16.7. The Kier molecular flexibility index (Phi) is 9.70. The zero-order valence-corrected chi connectivity index (χ0v) is 20.8. The number of hydrogen-bond acceptors (Lipinski definition) is 10. The molecule has 3 saturated heterocycles. The SMILES string of the molecule is COC1CC(C)C(C2NOC(CCC(=O)NCCCNC3NNC(=O)C4CCCCC34)N2)C(O)N1. The number of carbonyl (C=O) groups is 2. The Labute approximate surface area is 207 Å². The molecule has 8 N–H and O–H groups in total. The largest absolute Gasteiger partial charge is 0.378 e. The fourth-order valence-electron chi connectivity index (χ4n) is 5.97. The van der Waals surface area contributed by atoms with Crippen LogP contribution in [0.3, 0.4) is 0 Å². The number of hydrogen-bond donors (Lipinski definition) is 8. The average molecular weight is 498 g/mol. The number of aliphatic hydroxyl groups excluding tert-OH is 1. The molecule has 0 bridgehead atoms. The van der Waals surface area contributed by atoms with E-state index in [0.717, 1.165) is 38.6 Å². The molecule has 4 fully saturated rings. The first-order valence-electron chi connectivity index (χ1n) is 13.2. The highest BCUT2D eigenvalue weighted by molar-refractivity contribution is 5.79. The summed E-state index contributed by atoms with van der Waals surface area (Å²) in [5.74, 6) is 0.685. The molecule has 12 heteroatoms. The van der Waals surface area contributed by atoms with Crippen LogP contribution in [0.2, 0.25) is 0 Å². The average Bonchev–Trinajstić information content (AvgIpc) is 3.32.